The summed E-state index contributed by atoms with van der Waals surface area (Å²) in [6.07, 6.45) is 0. The summed E-state index contributed by atoms with van der Waals surface area (Å²) in [5.74, 6) is -1.14. The number of carbonyl (C=O) groups is 2. The zero-order valence-electron chi connectivity index (χ0n) is 9.87. The molecule has 0 aliphatic heterocycles. The average Bonchev–Trinajstić information content (AvgIpc) is 2.29. The number of amides is 2. The summed E-state index contributed by atoms with van der Waals surface area (Å²) < 4.78 is 12.7. The molecule has 0 spiro atoms. The van der Waals surface area contributed by atoms with Crippen LogP contribution in [-0.2, 0) is 4.79 Å². The third-order valence-corrected chi connectivity index (χ3v) is 2.30. The minimum absolute atomic E-state index is 0.294. The molecule has 1 N–H and O–H groups in total. The number of halogens is 1. The van der Waals surface area contributed by atoms with E-state index in [-0.39, 0.29) is 5.91 Å². The van der Waals surface area contributed by atoms with Crippen molar-refractivity contribution in [3.8, 4) is 0 Å². The Kier molecular flexibility index (Phi) is 4.78. The fraction of sp³-hybridized carbons (Fsp3) is 0.333. The van der Waals surface area contributed by atoms with E-state index in [0.29, 0.717) is 18.7 Å². The van der Waals surface area contributed by atoms with Crippen LogP contribution in [0.4, 0.5) is 4.39 Å². The first-order chi connectivity index (χ1) is 8.06. The fourth-order valence-corrected chi connectivity index (χ4v) is 1.37. The number of hydrogen-bond acceptors (Lipinski definition) is 3. The van der Waals surface area contributed by atoms with Crippen LogP contribution < -0.4 is 5.32 Å². The van der Waals surface area contributed by atoms with Gasteiger partial charge in [-0.05, 0) is 31.3 Å². The molecule has 5 heteroatoms. The van der Waals surface area contributed by atoms with Gasteiger partial charge in [0, 0.05) is 25.6 Å². The van der Waals surface area contributed by atoms with Crippen LogP contribution in [0.1, 0.15) is 17.3 Å². The van der Waals surface area contributed by atoms with Crippen molar-refractivity contribution >= 4 is 11.8 Å². The first kappa shape index (κ1) is 13.3. The van der Waals surface area contributed by atoms with Gasteiger partial charge in [-0.3, -0.25) is 14.5 Å². The Hall–Kier alpha value is -1.75. The molecule has 0 heterocycles. The van der Waals surface area contributed by atoms with Crippen LogP contribution in [0.3, 0.4) is 0 Å². The van der Waals surface area contributed by atoms with Crippen molar-refractivity contribution < 1.29 is 14.0 Å². The number of hydrogen-bond donors (Lipinski definition) is 1. The van der Waals surface area contributed by atoms with Crippen molar-refractivity contribution in [1.29, 1.82) is 0 Å². The molecule has 0 aliphatic rings. The van der Waals surface area contributed by atoms with Crippen molar-refractivity contribution in [2.75, 3.05) is 20.1 Å². The van der Waals surface area contributed by atoms with Gasteiger partial charge in [-0.15, -0.1) is 0 Å². The third kappa shape index (κ3) is 3.64. The largest absolute Gasteiger partial charge is 0.318 e. The van der Waals surface area contributed by atoms with Crippen LogP contribution in [0, 0.1) is 5.82 Å². The molecule has 0 saturated carbocycles. The van der Waals surface area contributed by atoms with E-state index in [4.69, 9.17) is 0 Å². The topological polar surface area (TPSA) is 49.4 Å². The molecule has 1 aromatic carbocycles. The standard InChI is InChI=1S/C12H15FN2O2/c1-9(16)15(8-7-14-2)12(17)10-3-5-11(13)6-4-10/h3-6,14H,7-8H2,1-2H3. The molecule has 0 atom stereocenters. The molecule has 4 nitrogen and oxygen atoms in total. The van der Waals surface area contributed by atoms with Crippen molar-refractivity contribution in [1.82, 2.24) is 10.2 Å². The number of nitrogens with one attached hydrogen (secondary N) is 1. The Labute approximate surface area is 99.4 Å². The van der Waals surface area contributed by atoms with Gasteiger partial charge in [0.25, 0.3) is 5.91 Å². The summed E-state index contributed by atoms with van der Waals surface area (Å²) in [5, 5.41) is 2.86. The average molecular weight is 238 g/mol. The normalized spacial score (nSPS) is 10.1. The van der Waals surface area contributed by atoms with E-state index in [9.17, 15) is 14.0 Å². The molecule has 0 saturated heterocycles. The molecule has 1 aromatic rings. The van der Waals surface area contributed by atoms with E-state index in [1.165, 1.54) is 31.2 Å². The summed E-state index contributed by atoms with van der Waals surface area (Å²) in [5.41, 5.74) is 0.303. The van der Waals surface area contributed by atoms with Crippen LogP contribution in [0.5, 0.6) is 0 Å². The highest BCUT2D eigenvalue weighted by molar-refractivity contribution is 6.04. The monoisotopic (exact) mass is 238 g/mol. The molecule has 1 rings (SSSR count). The maximum absolute atomic E-state index is 12.7. The minimum Gasteiger partial charge on any atom is -0.318 e. The molecule has 92 valence electrons. The van der Waals surface area contributed by atoms with E-state index < -0.39 is 11.7 Å². The molecule has 0 unspecified atom stereocenters. The Morgan fingerprint density at radius 3 is 2.35 bits per heavy atom. The van der Waals surface area contributed by atoms with Crippen molar-refractivity contribution in [2.45, 2.75) is 6.92 Å². The van der Waals surface area contributed by atoms with E-state index >= 15 is 0 Å². The lowest BCUT2D eigenvalue weighted by Crippen LogP contribution is -2.39. The van der Waals surface area contributed by atoms with Gasteiger partial charge in [-0.1, -0.05) is 0 Å². The predicted molar refractivity (Wildman–Crippen MR) is 62.0 cm³/mol. The highest BCUT2D eigenvalue weighted by atomic mass is 19.1. The first-order valence-corrected chi connectivity index (χ1v) is 5.29. The minimum atomic E-state index is -0.411. The first-order valence-electron chi connectivity index (χ1n) is 5.29. The molecule has 0 fully saturated rings. The van der Waals surface area contributed by atoms with E-state index in [1.807, 2.05) is 0 Å². The second-order valence-corrected chi connectivity index (χ2v) is 3.59. The number of rotatable bonds is 4. The molecule has 0 radical (unpaired) electrons. The van der Waals surface area contributed by atoms with E-state index in [2.05, 4.69) is 5.32 Å². The summed E-state index contributed by atoms with van der Waals surface area (Å²) in [6, 6.07) is 5.13. The second kappa shape index (κ2) is 6.10. The van der Waals surface area contributed by atoms with Gasteiger partial charge in [-0.2, -0.15) is 0 Å². The number of benzene rings is 1. The van der Waals surface area contributed by atoms with Gasteiger partial charge in [0.1, 0.15) is 5.82 Å². The number of nitrogens with zero attached hydrogens (tertiary/aromatic N) is 1. The molecule has 2 amide bonds. The van der Waals surface area contributed by atoms with E-state index in [0.717, 1.165) is 4.90 Å². The van der Waals surface area contributed by atoms with Crippen LogP contribution in [0.2, 0.25) is 0 Å². The highest BCUT2D eigenvalue weighted by Gasteiger charge is 2.18. The lowest BCUT2D eigenvalue weighted by molar-refractivity contribution is -0.126. The Balaban J connectivity index is 2.84. The molecular formula is C12H15FN2O2. The third-order valence-electron chi connectivity index (χ3n) is 2.30. The maximum Gasteiger partial charge on any atom is 0.260 e. The van der Waals surface area contributed by atoms with Crippen LogP contribution >= 0.6 is 0 Å². The van der Waals surface area contributed by atoms with Crippen LogP contribution in [-0.4, -0.2) is 36.9 Å². The zero-order valence-corrected chi connectivity index (χ0v) is 9.87. The van der Waals surface area contributed by atoms with Gasteiger partial charge in [0.15, 0.2) is 0 Å². The van der Waals surface area contributed by atoms with Gasteiger partial charge < -0.3 is 5.32 Å². The number of likely N-dealkylation sites (N-methyl/N-ethyl adjacent to an activating group) is 1. The van der Waals surface area contributed by atoms with Crippen molar-refractivity contribution in [2.24, 2.45) is 0 Å². The Morgan fingerprint density at radius 1 is 1.29 bits per heavy atom. The predicted octanol–water partition coefficient (Wildman–Crippen LogP) is 1.03. The zero-order chi connectivity index (χ0) is 12.8. The fourth-order valence-electron chi connectivity index (χ4n) is 1.37. The Bertz CT molecular complexity index is 403. The number of carbonyl (C=O) groups excluding carboxylic acids is 2. The van der Waals surface area contributed by atoms with Crippen LogP contribution in [0.25, 0.3) is 0 Å². The van der Waals surface area contributed by atoms with Gasteiger partial charge in [0.05, 0.1) is 0 Å². The SMILES string of the molecule is CNCCN(C(C)=O)C(=O)c1ccc(F)cc1. The maximum atomic E-state index is 12.7. The van der Waals surface area contributed by atoms with Crippen molar-refractivity contribution in [3.63, 3.8) is 0 Å². The smallest absolute Gasteiger partial charge is 0.260 e. The summed E-state index contributed by atoms with van der Waals surface area (Å²) in [6.45, 7) is 2.14. The quantitative estimate of drug-likeness (QED) is 0.852. The van der Waals surface area contributed by atoms with Gasteiger partial charge in [0.2, 0.25) is 5.91 Å². The number of imide groups is 1. The lowest BCUT2D eigenvalue weighted by Gasteiger charge is -2.18. The molecule has 0 bridgehead atoms. The Morgan fingerprint density at radius 2 is 1.88 bits per heavy atom. The van der Waals surface area contributed by atoms with E-state index in [1.54, 1.807) is 7.05 Å². The van der Waals surface area contributed by atoms with Gasteiger partial charge in [-0.25, -0.2) is 4.39 Å². The molecule has 0 aromatic heterocycles. The summed E-state index contributed by atoms with van der Waals surface area (Å²) in [7, 11) is 1.74. The van der Waals surface area contributed by atoms with Gasteiger partial charge >= 0.3 is 0 Å². The molecule has 17 heavy (non-hydrogen) atoms. The van der Waals surface area contributed by atoms with Crippen molar-refractivity contribution in [3.05, 3.63) is 35.6 Å². The summed E-state index contributed by atoms with van der Waals surface area (Å²) >= 11 is 0. The summed E-state index contributed by atoms with van der Waals surface area (Å²) in [4.78, 5) is 24.4. The highest BCUT2D eigenvalue weighted by Crippen LogP contribution is 2.07. The van der Waals surface area contributed by atoms with Crippen LogP contribution in [0.15, 0.2) is 24.3 Å². The second-order valence-electron chi connectivity index (χ2n) is 3.59. The molecular weight excluding hydrogens is 223 g/mol. The molecule has 0 aliphatic carbocycles. The lowest BCUT2D eigenvalue weighted by atomic mass is 10.2.